The van der Waals surface area contributed by atoms with E-state index in [9.17, 15) is 4.79 Å². The highest BCUT2D eigenvalue weighted by atomic mass is 16.6. The van der Waals surface area contributed by atoms with Crippen LogP contribution in [0.5, 0.6) is 0 Å². The molecule has 0 radical (unpaired) electrons. The Labute approximate surface area is 185 Å². The fourth-order valence-electron chi connectivity index (χ4n) is 6.05. The van der Waals surface area contributed by atoms with Gasteiger partial charge in [-0.3, -0.25) is 0 Å². The van der Waals surface area contributed by atoms with Gasteiger partial charge in [0.05, 0.1) is 36.7 Å². The van der Waals surface area contributed by atoms with Crippen molar-refractivity contribution in [2.45, 2.75) is 96.0 Å². The number of rotatable bonds is 4. The summed E-state index contributed by atoms with van der Waals surface area (Å²) in [4.78, 5) is 19.4. The molecule has 2 saturated carbocycles. The van der Waals surface area contributed by atoms with E-state index in [0.29, 0.717) is 23.5 Å². The van der Waals surface area contributed by atoms with Crippen molar-refractivity contribution in [1.82, 2.24) is 10.3 Å². The Morgan fingerprint density at radius 1 is 1.13 bits per heavy atom. The van der Waals surface area contributed by atoms with Gasteiger partial charge in [0, 0.05) is 12.1 Å². The summed E-state index contributed by atoms with van der Waals surface area (Å²) < 4.78 is 11.1. The van der Waals surface area contributed by atoms with Crippen molar-refractivity contribution in [3.05, 3.63) is 17.8 Å². The number of nitrogens with zero attached hydrogens (tertiary/aromatic N) is 2. The van der Waals surface area contributed by atoms with Crippen molar-refractivity contribution in [3.8, 4) is 0 Å². The molecule has 2 N–H and O–H groups in total. The van der Waals surface area contributed by atoms with Crippen LogP contribution in [0.3, 0.4) is 0 Å². The molecule has 2 aliphatic carbocycles. The highest BCUT2D eigenvalue weighted by Gasteiger charge is 2.53. The Morgan fingerprint density at radius 2 is 1.77 bits per heavy atom. The maximum absolute atomic E-state index is 11.9. The van der Waals surface area contributed by atoms with Gasteiger partial charge in [-0.2, -0.15) is 0 Å². The quantitative estimate of drug-likeness (QED) is 0.755. The number of hydrogen-bond acceptors (Lipinski definition) is 6. The molecular weight excluding hydrogens is 392 g/mol. The summed E-state index contributed by atoms with van der Waals surface area (Å²) in [5.74, 6) is 1.10. The summed E-state index contributed by atoms with van der Waals surface area (Å²) in [6.45, 7) is 9.44. The lowest BCUT2D eigenvalue weighted by molar-refractivity contribution is -0.0178. The molecule has 3 heterocycles. The van der Waals surface area contributed by atoms with Crippen molar-refractivity contribution >= 4 is 17.6 Å². The fraction of sp³-hybridized carbons (Fsp3) is 0.750. The molecule has 7 nitrogen and oxygen atoms in total. The Hall–Kier alpha value is -2.02. The minimum absolute atomic E-state index is 0.252. The van der Waals surface area contributed by atoms with Crippen LogP contribution in [0, 0.1) is 12.3 Å². The Morgan fingerprint density at radius 3 is 2.39 bits per heavy atom. The number of morpholine rings is 1. The molecule has 2 atom stereocenters. The smallest absolute Gasteiger partial charge is 0.407 e. The summed E-state index contributed by atoms with van der Waals surface area (Å²) in [6, 6.07) is 6.08. The third-order valence-electron chi connectivity index (χ3n) is 7.37. The van der Waals surface area contributed by atoms with E-state index < -0.39 is 5.60 Å². The second-order valence-electron chi connectivity index (χ2n) is 11.1. The molecule has 2 unspecified atom stereocenters. The zero-order valence-electron chi connectivity index (χ0n) is 19.2. The number of carbonyl (C=O) groups excluding carboxylic acids is 1. The molecular formula is C24H36N4O3. The molecule has 4 aliphatic rings. The zero-order chi connectivity index (χ0) is 21.8. The molecule has 170 valence electrons. The van der Waals surface area contributed by atoms with Crippen LogP contribution in [-0.4, -0.2) is 54.1 Å². The van der Waals surface area contributed by atoms with Crippen molar-refractivity contribution in [3.63, 3.8) is 0 Å². The number of aryl methyl sites for hydroxylation is 1. The van der Waals surface area contributed by atoms with Crippen molar-refractivity contribution in [2.75, 3.05) is 23.4 Å². The van der Waals surface area contributed by atoms with E-state index in [4.69, 9.17) is 14.5 Å². The lowest BCUT2D eigenvalue weighted by Crippen LogP contribution is -2.59. The molecule has 31 heavy (non-hydrogen) atoms. The van der Waals surface area contributed by atoms with Gasteiger partial charge in [-0.25, -0.2) is 9.78 Å². The van der Waals surface area contributed by atoms with E-state index in [0.717, 1.165) is 56.1 Å². The molecule has 1 amide bonds. The molecule has 2 aliphatic heterocycles. The van der Waals surface area contributed by atoms with Gasteiger partial charge < -0.3 is 25.0 Å². The zero-order valence-corrected chi connectivity index (χ0v) is 19.2. The number of carbonyl (C=O) groups is 1. The monoisotopic (exact) mass is 428 g/mol. The number of ether oxygens (including phenoxy) is 2. The van der Waals surface area contributed by atoms with Gasteiger partial charge in [0.25, 0.3) is 0 Å². The Kier molecular flexibility index (Phi) is 5.07. The molecule has 1 aromatic rings. The van der Waals surface area contributed by atoms with Crippen LogP contribution in [0.25, 0.3) is 0 Å². The van der Waals surface area contributed by atoms with E-state index in [1.807, 2.05) is 20.8 Å². The van der Waals surface area contributed by atoms with Gasteiger partial charge in [-0.05, 0) is 83.8 Å². The van der Waals surface area contributed by atoms with Crippen molar-refractivity contribution in [1.29, 1.82) is 0 Å². The van der Waals surface area contributed by atoms with E-state index in [1.165, 1.54) is 12.8 Å². The number of pyridine rings is 1. The summed E-state index contributed by atoms with van der Waals surface area (Å²) in [6.07, 6.45) is 6.55. The molecule has 5 rings (SSSR count). The number of anilines is 2. The van der Waals surface area contributed by atoms with Crippen LogP contribution in [-0.2, 0) is 9.47 Å². The van der Waals surface area contributed by atoms with Gasteiger partial charge in [0.2, 0.25) is 0 Å². The molecule has 2 saturated heterocycles. The SMILES string of the molecule is Cc1nc(N2C3CCC2COC3)ccc1NC1CC2(CC(NC(=O)OC(C)(C)C)C2)C1. The highest BCUT2D eigenvalue weighted by Crippen LogP contribution is 2.56. The first kappa shape index (κ1) is 20.9. The van der Waals surface area contributed by atoms with E-state index in [-0.39, 0.29) is 12.1 Å². The minimum Gasteiger partial charge on any atom is -0.444 e. The predicted molar refractivity (Wildman–Crippen MR) is 121 cm³/mol. The highest BCUT2D eigenvalue weighted by molar-refractivity contribution is 5.68. The second kappa shape index (κ2) is 7.54. The van der Waals surface area contributed by atoms with Crippen LogP contribution in [0.15, 0.2) is 12.1 Å². The summed E-state index contributed by atoms with van der Waals surface area (Å²) in [5, 5.41) is 6.72. The Bertz CT molecular complexity index is 822. The maximum Gasteiger partial charge on any atom is 0.407 e. The number of nitrogens with one attached hydrogen (secondary N) is 2. The van der Waals surface area contributed by atoms with Crippen LogP contribution < -0.4 is 15.5 Å². The summed E-state index contributed by atoms with van der Waals surface area (Å²) in [7, 11) is 0. The first-order valence-corrected chi connectivity index (χ1v) is 11.8. The molecule has 2 bridgehead atoms. The average molecular weight is 429 g/mol. The normalized spacial score (nSPS) is 34.1. The van der Waals surface area contributed by atoms with Gasteiger partial charge in [0.15, 0.2) is 0 Å². The van der Waals surface area contributed by atoms with E-state index in [1.54, 1.807) is 0 Å². The molecule has 0 aromatic carbocycles. The number of fused-ring (bicyclic) bond motifs is 2. The number of hydrogen-bond donors (Lipinski definition) is 2. The van der Waals surface area contributed by atoms with Gasteiger partial charge in [-0.15, -0.1) is 0 Å². The number of amides is 1. The summed E-state index contributed by atoms with van der Waals surface area (Å²) >= 11 is 0. The van der Waals surface area contributed by atoms with Gasteiger partial charge >= 0.3 is 6.09 Å². The lowest BCUT2D eigenvalue weighted by Gasteiger charge is -2.58. The van der Waals surface area contributed by atoms with Crippen LogP contribution in [0.4, 0.5) is 16.3 Å². The standard InChI is InChI=1S/C24H36N4O3/c1-15-20(7-8-21(25-15)28-18-5-6-19(28)14-30-13-18)26-16-9-24(10-16)11-17(12-24)27-22(29)31-23(2,3)4/h7-8,16-19,26H,5-6,9-14H2,1-4H3,(H,27,29). The minimum atomic E-state index is -0.445. The second-order valence-corrected chi connectivity index (χ2v) is 11.1. The fourth-order valence-corrected chi connectivity index (χ4v) is 6.05. The Balaban J connectivity index is 1.10. The largest absolute Gasteiger partial charge is 0.444 e. The molecule has 1 spiro atoms. The van der Waals surface area contributed by atoms with Crippen LogP contribution in [0.1, 0.15) is 65.0 Å². The lowest BCUT2D eigenvalue weighted by atomic mass is 9.52. The van der Waals surface area contributed by atoms with Gasteiger partial charge in [0.1, 0.15) is 11.4 Å². The topological polar surface area (TPSA) is 75.7 Å². The van der Waals surface area contributed by atoms with Crippen molar-refractivity contribution in [2.24, 2.45) is 5.41 Å². The molecule has 1 aromatic heterocycles. The first-order valence-electron chi connectivity index (χ1n) is 11.8. The maximum atomic E-state index is 11.9. The number of aromatic nitrogens is 1. The third kappa shape index (κ3) is 4.21. The van der Waals surface area contributed by atoms with Crippen LogP contribution in [0.2, 0.25) is 0 Å². The van der Waals surface area contributed by atoms with Crippen LogP contribution >= 0.6 is 0 Å². The first-order chi connectivity index (χ1) is 14.7. The predicted octanol–water partition coefficient (Wildman–Crippen LogP) is 4.01. The molecule has 7 heteroatoms. The van der Waals surface area contributed by atoms with E-state index in [2.05, 4.69) is 34.6 Å². The average Bonchev–Trinajstić information content (AvgIpc) is 2.86. The summed E-state index contributed by atoms with van der Waals surface area (Å²) in [5.41, 5.74) is 2.17. The van der Waals surface area contributed by atoms with Gasteiger partial charge in [-0.1, -0.05) is 0 Å². The molecule has 4 fully saturated rings. The number of alkyl carbamates (subject to hydrolysis) is 1. The van der Waals surface area contributed by atoms with E-state index >= 15 is 0 Å². The third-order valence-corrected chi connectivity index (χ3v) is 7.37. The van der Waals surface area contributed by atoms with Crippen molar-refractivity contribution < 1.29 is 14.3 Å².